The van der Waals surface area contributed by atoms with Crippen LogP contribution in [0.2, 0.25) is 0 Å². The molecule has 2 aromatic carbocycles. The smallest absolute Gasteiger partial charge is 0.282 e. The van der Waals surface area contributed by atoms with Crippen LogP contribution in [0.4, 0.5) is 11.4 Å². The third kappa shape index (κ3) is 3.30. The molecule has 106 valence electrons. The highest BCUT2D eigenvalue weighted by Crippen LogP contribution is 2.21. The molecule has 0 aliphatic heterocycles. The Bertz CT molecular complexity index is 725. The third-order valence-electron chi connectivity index (χ3n) is 2.87. The molecule has 0 aromatic heterocycles. The molecular weight excluding hydrogens is 272 g/mol. The number of rotatable bonds is 4. The van der Waals surface area contributed by atoms with Crippen LogP contribution < -0.4 is 5.32 Å². The summed E-state index contributed by atoms with van der Waals surface area (Å²) in [6.07, 6.45) is 0.658. The minimum atomic E-state index is -0.601. The normalized spacial score (nSPS) is 9.95. The largest absolute Gasteiger partial charge is 0.322 e. The van der Waals surface area contributed by atoms with Crippen LogP contribution in [0.25, 0.3) is 0 Å². The Morgan fingerprint density at radius 1 is 1.24 bits per heavy atom. The first-order chi connectivity index (χ1) is 10.0. The van der Waals surface area contributed by atoms with Crippen molar-refractivity contribution in [2.45, 2.75) is 6.92 Å². The molecule has 6 nitrogen and oxygen atoms in total. The number of nitrogens with one attached hydrogen (secondary N) is 1. The maximum Gasteiger partial charge on any atom is 0.282 e. The van der Waals surface area contributed by atoms with Crippen LogP contribution in [0.1, 0.15) is 26.3 Å². The fraction of sp³-hybridized carbons (Fsp3) is 0.0667. The second-order valence-electron chi connectivity index (χ2n) is 4.48. The summed E-state index contributed by atoms with van der Waals surface area (Å²) in [4.78, 5) is 33.3. The van der Waals surface area contributed by atoms with Crippen LogP contribution in [0, 0.1) is 17.0 Å². The van der Waals surface area contributed by atoms with Crippen LogP contribution in [-0.4, -0.2) is 17.1 Å². The van der Waals surface area contributed by atoms with E-state index in [1.54, 1.807) is 31.2 Å². The molecule has 6 heteroatoms. The average Bonchev–Trinajstić information content (AvgIpc) is 2.47. The van der Waals surface area contributed by atoms with E-state index in [9.17, 15) is 19.7 Å². The predicted octanol–water partition coefficient (Wildman–Crippen LogP) is 2.97. The van der Waals surface area contributed by atoms with Crippen molar-refractivity contribution in [1.29, 1.82) is 0 Å². The van der Waals surface area contributed by atoms with Crippen LogP contribution in [-0.2, 0) is 0 Å². The molecule has 0 unspecified atom stereocenters. The lowest BCUT2D eigenvalue weighted by molar-refractivity contribution is -0.385. The summed E-state index contributed by atoms with van der Waals surface area (Å²) in [6.45, 7) is 1.74. The molecule has 0 heterocycles. The lowest BCUT2D eigenvalue weighted by atomic mass is 10.1. The standard InChI is InChI=1S/C15H12N2O4/c1-10-5-6-14(17(20)21)13(7-10)15(19)16-12-4-2-3-11(8-12)9-18/h2-9H,1H3,(H,16,19). The fourth-order valence-electron chi connectivity index (χ4n) is 1.88. The van der Waals surface area contributed by atoms with Crippen molar-refractivity contribution >= 4 is 23.6 Å². The lowest BCUT2D eigenvalue weighted by Gasteiger charge is -2.07. The van der Waals surface area contributed by atoms with Gasteiger partial charge < -0.3 is 5.32 Å². The summed E-state index contributed by atoms with van der Waals surface area (Å²) in [5.41, 5.74) is 1.28. The second kappa shape index (κ2) is 5.96. The Hall–Kier alpha value is -3.02. The number of hydrogen-bond donors (Lipinski definition) is 1. The summed E-state index contributed by atoms with van der Waals surface area (Å²) in [6, 6.07) is 10.6. The van der Waals surface area contributed by atoms with Gasteiger partial charge in [0.15, 0.2) is 0 Å². The molecule has 1 amide bonds. The van der Waals surface area contributed by atoms with Crippen molar-refractivity contribution in [3.8, 4) is 0 Å². The van der Waals surface area contributed by atoms with E-state index in [4.69, 9.17) is 0 Å². The van der Waals surface area contributed by atoms with Gasteiger partial charge >= 0.3 is 0 Å². The number of nitro groups is 1. The number of hydrogen-bond acceptors (Lipinski definition) is 4. The van der Waals surface area contributed by atoms with Crippen molar-refractivity contribution in [3.05, 3.63) is 69.3 Å². The Labute approximate surface area is 120 Å². The van der Waals surface area contributed by atoms with Crippen molar-refractivity contribution in [2.24, 2.45) is 0 Å². The summed E-state index contributed by atoms with van der Waals surface area (Å²) < 4.78 is 0. The van der Waals surface area contributed by atoms with Gasteiger partial charge in [0, 0.05) is 17.3 Å². The Balaban J connectivity index is 2.33. The van der Waals surface area contributed by atoms with Crippen molar-refractivity contribution in [1.82, 2.24) is 0 Å². The Morgan fingerprint density at radius 3 is 2.67 bits per heavy atom. The number of aryl methyl sites for hydroxylation is 1. The summed E-state index contributed by atoms with van der Waals surface area (Å²) >= 11 is 0. The Kier molecular flexibility index (Phi) is 4.08. The van der Waals surface area contributed by atoms with Crippen LogP contribution in [0.5, 0.6) is 0 Å². The average molecular weight is 284 g/mol. The molecule has 2 aromatic rings. The van der Waals surface area contributed by atoms with Gasteiger partial charge in [0.05, 0.1) is 4.92 Å². The van der Waals surface area contributed by atoms with Gasteiger partial charge in [-0.25, -0.2) is 0 Å². The fourth-order valence-corrected chi connectivity index (χ4v) is 1.88. The molecule has 0 radical (unpaired) electrons. The van der Waals surface area contributed by atoms with E-state index in [2.05, 4.69) is 5.32 Å². The molecule has 0 aliphatic carbocycles. The molecule has 0 spiro atoms. The van der Waals surface area contributed by atoms with Crippen molar-refractivity contribution in [3.63, 3.8) is 0 Å². The zero-order valence-electron chi connectivity index (χ0n) is 11.2. The van der Waals surface area contributed by atoms with E-state index in [0.29, 0.717) is 17.5 Å². The summed E-state index contributed by atoms with van der Waals surface area (Å²) in [5, 5.41) is 13.5. The SMILES string of the molecule is Cc1ccc([N+](=O)[O-])c(C(=O)Nc2cccc(C=O)c2)c1. The quantitative estimate of drug-likeness (QED) is 0.531. The predicted molar refractivity (Wildman–Crippen MR) is 77.6 cm³/mol. The van der Waals surface area contributed by atoms with E-state index in [0.717, 1.165) is 5.56 Å². The molecule has 0 bridgehead atoms. The molecule has 1 N–H and O–H groups in total. The first kappa shape index (κ1) is 14.4. The molecule has 0 saturated carbocycles. The number of aldehydes is 1. The highest BCUT2D eigenvalue weighted by atomic mass is 16.6. The molecule has 2 rings (SSSR count). The van der Waals surface area contributed by atoms with E-state index < -0.39 is 10.8 Å². The van der Waals surface area contributed by atoms with E-state index in [1.165, 1.54) is 18.2 Å². The first-order valence-corrected chi connectivity index (χ1v) is 6.13. The zero-order chi connectivity index (χ0) is 15.4. The molecular formula is C15H12N2O4. The van der Waals surface area contributed by atoms with Gasteiger partial charge in [-0.05, 0) is 30.7 Å². The molecule has 0 fully saturated rings. The van der Waals surface area contributed by atoms with E-state index in [1.807, 2.05) is 0 Å². The molecule has 0 aliphatic rings. The van der Waals surface area contributed by atoms with E-state index in [-0.39, 0.29) is 11.3 Å². The molecule has 0 saturated heterocycles. The molecule has 21 heavy (non-hydrogen) atoms. The maximum atomic E-state index is 12.2. The lowest BCUT2D eigenvalue weighted by Crippen LogP contribution is -2.14. The van der Waals surface area contributed by atoms with Crippen LogP contribution in [0.3, 0.4) is 0 Å². The van der Waals surface area contributed by atoms with Crippen molar-refractivity contribution in [2.75, 3.05) is 5.32 Å². The zero-order valence-corrected chi connectivity index (χ0v) is 11.2. The first-order valence-electron chi connectivity index (χ1n) is 6.13. The van der Waals surface area contributed by atoms with Gasteiger partial charge in [0.2, 0.25) is 0 Å². The minimum absolute atomic E-state index is 0.0171. The van der Waals surface area contributed by atoms with Gasteiger partial charge in [-0.2, -0.15) is 0 Å². The highest BCUT2D eigenvalue weighted by molar-refractivity contribution is 6.07. The number of amides is 1. The number of carbonyl (C=O) groups excluding carboxylic acids is 2. The third-order valence-corrected chi connectivity index (χ3v) is 2.87. The van der Waals surface area contributed by atoms with Gasteiger partial charge in [-0.15, -0.1) is 0 Å². The number of benzene rings is 2. The van der Waals surface area contributed by atoms with Gasteiger partial charge in [-0.3, -0.25) is 19.7 Å². The highest BCUT2D eigenvalue weighted by Gasteiger charge is 2.20. The van der Waals surface area contributed by atoms with Gasteiger partial charge in [-0.1, -0.05) is 18.2 Å². The molecule has 0 atom stereocenters. The Morgan fingerprint density at radius 2 is 2.00 bits per heavy atom. The topological polar surface area (TPSA) is 89.3 Å². The van der Waals surface area contributed by atoms with E-state index >= 15 is 0 Å². The number of nitrogens with zero attached hydrogens (tertiary/aromatic N) is 1. The monoisotopic (exact) mass is 284 g/mol. The number of carbonyl (C=O) groups is 2. The van der Waals surface area contributed by atoms with Crippen LogP contribution >= 0.6 is 0 Å². The van der Waals surface area contributed by atoms with Crippen LogP contribution in [0.15, 0.2) is 42.5 Å². The number of nitro benzene ring substituents is 1. The van der Waals surface area contributed by atoms with Gasteiger partial charge in [0.25, 0.3) is 11.6 Å². The second-order valence-corrected chi connectivity index (χ2v) is 4.48. The summed E-state index contributed by atoms with van der Waals surface area (Å²) in [7, 11) is 0. The maximum absolute atomic E-state index is 12.2. The van der Waals surface area contributed by atoms with Crippen molar-refractivity contribution < 1.29 is 14.5 Å². The van der Waals surface area contributed by atoms with Gasteiger partial charge in [0.1, 0.15) is 11.8 Å². The minimum Gasteiger partial charge on any atom is -0.322 e. The number of anilines is 1. The summed E-state index contributed by atoms with van der Waals surface area (Å²) in [5.74, 6) is -0.589.